The van der Waals surface area contributed by atoms with Gasteiger partial charge in [-0.15, -0.1) is 0 Å². The van der Waals surface area contributed by atoms with Gasteiger partial charge in [-0.3, -0.25) is 0 Å². The number of aromatic nitrogens is 1. The molecule has 2 N–H and O–H groups in total. The summed E-state index contributed by atoms with van der Waals surface area (Å²) < 4.78 is 70.1. The SMILES string of the molecule is COc1ccc(S(C)(=O)=O)cc1NCC#Cc1cc(NC2CCN(C)C[C@@H]2C)c2ccn(CC(F)(F)F)c2c1. The summed E-state index contributed by atoms with van der Waals surface area (Å²) >= 11 is 0. The molecule has 1 saturated heterocycles. The second kappa shape index (κ2) is 11.4. The minimum atomic E-state index is -4.35. The number of alkyl halides is 3. The molecule has 1 unspecified atom stereocenters. The molecule has 1 aromatic heterocycles. The summed E-state index contributed by atoms with van der Waals surface area (Å²) in [5.41, 5.74) is 2.27. The van der Waals surface area contributed by atoms with Crippen molar-refractivity contribution in [2.24, 2.45) is 5.92 Å². The first-order valence-electron chi connectivity index (χ1n) is 12.6. The minimum Gasteiger partial charge on any atom is -0.495 e. The van der Waals surface area contributed by atoms with E-state index in [9.17, 15) is 21.6 Å². The second-order valence-corrected chi connectivity index (χ2v) is 12.1. The van der Waals surface area contributed by atoms with E-state index in [1.165, 1.54) is 30.0 Å². The standard InChI is InChI=1S/C28H33F3N4O3S/c1-19-17-34(2)12-10-23(19)33-24-14-20(15-26-22(24)9-13-35(26)18-28(29,30)31)6-5-11-32-25-16-21(39(4,36)37)7-8-27(25)38-3/h7-9,13-16,19,23,32-33H,10-12,17-18H2,1-4H3/t19-,23?/m0/s1. The zero-order valence-corrected chi connectivity index (χ0v) is 23.2. The predicted molar refractivity (Wildman–Crippen MR) is 148 cm³/mol. The average Bonchev–Trinajstić information content (AvgIpc) is 3.24. The first kappa shape index (κ1) is 28.6. The van der Waals surface area contributed by atoms with Crippen molar-refractivity contribution in [2.75, 3.05) is 50.7 Å². The summed E-state index contributed by atoms with van der Waals surface area (Å²) in [5.74, 6) is 6.88. The van der Waals surface area contributed by atoms with Gasteiger partial charge in [-0.1, -0.05) is 18.8 Å². The number of likely N-dealkylation sites (tertiary alicyclic amines) is 1. The van der Waals surface area contributed by atoms with Gasteiger partial charge in [0, 0.05) is 41.7 Å². The molecule has 2 atom stereocenters. The van der Waals surface area contributed by atoms with E-state index in [1.54, 1.807) is 18.2 Å². The summed E-state index contributed by atoms with van der Waals surface area (Å²) in [5, 5.41) is 7.38. The van der Waals surface area contributed by atoms with E-state index >= 15 is 0 Å². The number of fused-ring (bicyclic) bond motifs is 1. The summed E-state index contributed by atoms with van der Waals surface area (Å²) in [7, 11) is 0.162. The van der Waals surface area contributed by atoms with E-state index in [2.05, 4.69) is 41.3 Å². The van der Waals surface area contributed by atoms with Crippen molar-refractivity contribution < 1.29 is 26.3 Å². The molecule has 1 fully saturated rings. The topological polar surface area (TPSA) is 75.6 Å². The molecule has 3 aromatic rings. The number of rotatable bonds is 7. The maximum Gasteiger partial charge on any atom is 0.406 e. The zero-order valence-electron chi connectivity index (χ0n) is 22.4. The van der Waals surface area contributed by atoms with Gasteiger partial charge in [-0.05, 0) is 62.3 Å². The lowest BCUT2D eigenvalue weighted by molar-refractivity contribution is -0.139. The molecule has 11 heteroatoms. The van der Waals surface area contributed by atoms with Crippen molar-refractivity contribution >= 4 is 32.1 Å². The van der Waals surface area contributed by atoms with Crippen LogP contribution in [-0.2, 0) is 16.4 Å². The number of halogens is 3. The van der Waals surface area contributed by atoms with Crippen LogP contribution < -0.4 is 15.4 Å². The van der Waals surface area contributed by atoms with Crippen molar-refractivity contribution in [3.8, 4) is 17.6 Å². The molecule has 0 saturated carbocycles. The lowest BCUT2D eigenvalue weighted by atomic mass is 9.93. The molecule has 7 nitrogen and oxygen atoms in total. The fourth-order valence-electron chi connectivity index (χ4n) is 4.93. The summed E-state index contributed by atoms with van der Waals surface area (Å²) in [4.78, 5) is 2.42. The number of nitrogens with one attached hydrogen (secondary N) is 2. The molecule has 1 aliphatic rings. The molecule has 0 spiro atoms. The smallest absolute Gasteiger partial charge is 0.406 e. The maximum absolute atomic E-state index is 13.3. The van der Waals surface area contributed by atoms with Gasteiger partial charge in [0.25, 0.3) is 0 Å². The van der Waals surface area contributed by atoms with Crippen LogP contribution in [0.1, 0.15) is 18.9 Å². The molecule has 0 amide bonds. The normalized spacial score (nSPS) is 18.4. The van der Waals surface area contributed by atoms with Crippen molar-refractivity contribution in [1.82, 2.24) is 9.47 Å². The third kappa shape index (κ3) is 7.19. The number of nitrogens with zero attached hydrogens (tertiary/aromatic N) is 2. The van der Waals surface area contributed by atoms with Crippen molar-refractivity contribution in [3.63, 3.8) is 0 Å². The highest BCUT2D eigenvalue weighted by molar-refractivity contribution is 7.90. The van der Waals surface area contributed by atoms with Crippen LogP contribution in [0.15, 0.2) is 47.5 Å². The van der Waals surface area contributed by atoms with Crippen LogP contribution in [0, 0.1) is 17.8 Å². The van der Waals surface area contributed by atoms with Gasteiger partial charge >= 0.3 is 6.18 Å². The Bertz CT molecular complexity index is 1510. The van der Waals surface area contributed by atoms with Gasteiger partial charge in [0.05, 0.1) is 29.8 Å². The molecule has 1 aliphatic heterocycles. The number of anilines is 2. The average molecular weight is 563 g/mol. The maximum atomic E-state index is 13.3. The van der Waals surface area contributed by atoms with Crippen LogP contribution in [0.5, 0.6) is 5.75 Å². The molecule has 210 valence electrons. The van der Waals surface area contributed by atoms with Crippen molar-refractivity contribution in [2.45, 2.75) is 37.0 Å². The Balaban J connectivity index is 1.62. The van der Waals surface area contributed by atoms with Crippen LogP contribution in [-0.4, -0.2) is 70.2 Å². The number of benzene rings is 2. The Kier molecular flexibility index (Phi) is 8.37. The molecule has 39 heavy (non-hydrogen) atoms. The summed E-state index contributed by atoms with van der Waals surface area (Å²) in [6.07, 6.45) is -0.841. The Morgan fingerprint density at radius 1 is 1.15 bits per heavy atom. The largest absolute Gasteiger partial charge is 0.495 e. The van der Waals surface area contributed by atoms with Crippen LogP contribution in [0.3, 0.4) is 0 Å². The minimum absolute atomic E-state index is 0.147. The highest BCUT2D eigenvalue weighted by Gasteiger charge is 2.29. The van der Waals surface area contributed by atoms with Gasteiger partial charge in [0.1, 0.15) is 12.3 Å². The molecular weight excluding hydrogens is 529 g/mol. The Morgan fingerprint density at radius 2 is 1.92 bits per heavy atom. The number of methoxy groups -OCH3 is 1. The van der Waals surface area contributed by atoms with Crippen LogP contribution in [0.2, 0.25) is 0 Å². The van der Waals surface area contributed by atoms with Crippen LogP contribution >= 0.6 is 0 Å². The van der Waals surface area contributed by atoms with Crippen LogP contribution in [0.25, 0.3) is 10.9 Å². The van der Waals surface area contributed by atoms with Crippen LogP contribution in [0.4, 0.5) is 24.5 Å². The predicted octanol–water partition coefficient (Wildman–Crippen LogP) is 4.83. The molecule has 0 radical (unpaired) electrons. The Hall–Kier alpha value is -3.36. The van der Waals surface area contributed by atoms with Gasteiger partial charge < -0.3 is 24.8 Å². The monoisotopic (exact) mass is 562 g/mol. The molecule has 0 aliphatic carbocycles. The summed E-state index contributed by atoms with van der Waals surface area (Å²) in [6.45, 7) is 3.12. The third-order valence-corrected chi connectivity index (χ3v) is 8.00. The van der Waals surface area contributed by atoms with Gasteiger partial charge in [-0.2, -0.15) is 13.2 Å². The van der Waals surface area contributed by atoms with Gasteiger partial charge in [0.15, 0.2) is 9.84 Å². The van der Waals surface area contributed by atoms with E-state index in [0.29, 0.717) is 28.4 Å². The molecule has 2 heterocycles. The van der Waals surface area contributed by atoms with E-state index in [-0.39, 0.29) is 17.5 Å². The van der Waals surface area contributed by atoms with Crippen molar-refractivity contribution in [3.05, 3.63) is 48.2 Å². The highest BCUT2D eigenvalue weighted by Crippen LogP contribution is 2.32. The van der Waals surface area contributed by atoms with E-state index in [1.807, 2.05) is 6.07 Å². The highest BCUT2D eigenvalue weighted by atomic mass is 32.2. The van der Waals surface area contributed by atoms with E-state index in [0.717, 1.165) is 36.8 Å². The first-order chi connectivity index (χ1) is 18.3. The molecule has 2 aromatic carbocycles. The number of piperidine rings is 1. The lowest BCUT2D eigenvalue weighted by Gasteiger charge is -2.36. The fraction of sp³-hybridized carbons (Fsp3) is 0.429. The number of ether oxygens (including phenoxy) is 1. The zero-order chi connectivity index (χ0) is 28.4. The van der Waals surface area contributed by atoms with E-state index in [4.69, 9.17) is 4.74 Å². The second-order valence-electron chi connectivity index (χ2n) is 10.1. The lowest BCUT2D eigenvalue weighted by Crippen LogP contribution is -2.43. The third-order valence-electron chi connectivity index (χ3n) is 6.89. The first-order valence-corrected chi connectivity index (χ1v) is 14.5. The summed E-state index contributed by atoms with van der Waals surface area (Å²) in [6, 6.07) is 9.97. The quantitative estimate of drug-likeness (QED) is 0.402. The Labute approximate surface area is 227 Å². The Morgan fingerprint density at radius 3 is 2.59 bits per heavy atom. The molecule has 0 bridgehead atoms. The number of sulfone groups is 1. The fourth-order valence-corrected chi connectivity index (χ4v) is 5.58. The molecule has 4 rings (SSSR count). The van der Waals surface area contributed by atoms with E-state index < -0.39 is 22.6 Å². The van der Waals surface area contributed by atoms with Gasteiger partial charge in [0.2, 0.25) is 0 Å². The van der Waals surface area contributed by atoms with Gasteiger partial charge in [-0.25, -0.2) is 8.42 Å². The molecular formula is C28H33F3N4O3S. The number of hydrogen-bond acceptors (Lipinski definition) is 6. The van der Waals surface area contributed by atoms with Crippen molar-refractivity contribution in [1.29, 1.82) is 0 Å². The number of hydrogen-bond donors (Lipinski definition) is 2.